The average Bonchev–Trinajstić information content (AvgIpc) is 2.53. The summed E-state index contributed by atoms with van der Waals surface area (Å²) in [6.07, 6.45) is -1.48. The largest absolute Gasteiger partial charge is 0.470 e. The number of alkyl halides is 2. The maximum Gasteiger partial charge on any atom is 0.297 e. The topological polar surface area (TPSA) is 94.2 Å². The maximum atomic E-state index is 13.1. The molecule has 0 fully saturated rings. The number of anilines is 1. The van der Waals surface area contributed by atoms with Gasteiger partial charge in [-0.3, -0.25) is 0 Å². The van der Waals surface area contributed by atoms with Crippen LogP contribution in [0.5, 0.6) is 5.88 Å². The van der Waals surface area contributed by atoms with E-state index in [9.17, 15) is 13.3 Å². The van der Waals surface area contributed by atoms with Crippen LogP contribution in [0.1, 0.15) is 23.2 Å². The number of benzene rings is 1. The van der Waals surface area contributed by atoms with Crippen LogP contribution < -0.4 is 15.4 Å². The van der Waals surface area contributed by atoms with E-state index in [1.165, 1.54) is 24.5 Å². The lowest BCUT2D eigenvalue weighted by Crippen LogP contribution is -2.21. The van der Waals surface area contributed by atoms with Crippen molar-refractivity contribution in [3.8, 4) is 5.88 Å². The highest BCUT2D eigenvalue weighted by Gasteiger charge is 2.19. The zero-order valence-corrected chi connectivity index (χ0v) is 12.4. The molecule has 1 heterocycles. The van der Waals surface area contributed by atoms with Crippen LogP contribution in [0.4, 0.5) is 14.5 Å². The Morgan fingerprint density at radius 3 is 2.86 bits per heavy atom. The van der Waals surface area contributed by atoms with Crippen LogP contribution in [0.25, 0.3) is 0 Å². The lowest BCUT2D eigenvalue weighted by molar-refractivity contribution is 0.147. The van der Waals surface area contributed by atoms with Gasteiger partial charge in [-0.15, -0.1) is 10.2 Å². The fourth-order valence-electron chi connectivity index (χ4n) is 1.80. The van der Waals surface area contributed by atoms with Crippen molar-refractivity contribution >= 4 is 14.3 Å². The van der Waals surface area contributed by atoms with Crippen LogP contribution in [0.3, 0.4) is 0 Å². The molecule has 0 amide bonds. The first-order valence-electron chi connectivity index (χ1n) is 6.09. The summed E-state index contributed by atoms with van der Waals surface area (Å²) in [5, 5.41) is 7.30. The molecule has 0 saturated heterocycles. The van der Waals surface area contributed by atoms with Crippen molar-refractivity contribution in [1.29, 1.82) is 0 Å². The zero-order chi connectivity index (χ0) is 16.1. The smallest absolute Gasteiger partial charge is 0.297 e. The number of hydrazine groups is 1. The summed E-state index contributed by atoms with van der Waals surface area (Å²) >= 11 is 0. The molecule has 0 unspecified atom stereocenters. The molecule has 0 aliphatic rings. The molecule has 7 nitrogen and oxygen atoms in total. The van der Waals surface area contributed by atoms with Gasteiger partial charge < -0.3 is 4.74 Å². The molecule has 0 saturated carbocycles. The van der Waals surface area contributed by atoms with E-state index < -0.39 is 15.0 Å². The van der Waals surface area contributed by atoms with Gasteiger partial charge in [-0.25, -0.2) is 29.0 Å². The number of hydrogen-bond donors (Lipinski definition) is 1. The molecule has 1 aromatic heterocycles. The normalized spacial score (nSPS) is 11.0. The first-order valence-corrected chi connectivity index (χ1v) is 6.86. The van der Waals surface area contributed by atoms with Gasteiger partial charge in [0.2, 0.25) is 0 Å². The predicted octanol–water partition coefficient (Wildman–Crippen LogP) is 2.58. The summed E-state index contributed by atoms with van der Waals surface area (Å²) < 4.78 is 43.4. The molecule has 22 heavy (non-hydrogen) atoms. The minimum Gasteiger partial charge on any atom is -0.470 e. The third-order valence-corrected chi connectivity index (χ3v) is 3.26. The number of ether oxygens (including phenoxy) is 1. The Morgan fingerprint density at radius 1 is 1.45 bits per heavy atom. The van der Waals surface area contributed by atoms with Gasteiger partial charge in [-0.05, 0) is 13.0 Å². The number of rotatable bonds is 6. The van der Waals surface area contributed by atoms with Gasteiger partial charge in [0.15, 0.2) is 0 Å². The van der Waals surface area contributed by atoms with Crippen LogP contribution >= 0.6 is 8.61 Å². The van der Waals surface area contributed by atoms with E-state index in [4.69, 9.17) is 10.6 Å². The number of aryl methyl sites for hydroxylation is 1. The Balaban J connectivity index is 2.35. The van der Waals surface area contributed by atoms with Gasteiger partial charge in [0.1, 0.15) is 18.6 Å². The molecule has 0 aliphatic heterocycles. The summed E-state index contributed by atoms with van der Waals surface area (Å²) in [4.78, 5) is 3.89. The summed E-state index contributed by atoms with van der Waals surface area (Å²) in [5.41, 5.74) is 0.501. The van der Waals surface area contributed by atoms with Crippen molar-refractivity contribution in [2.24, 2.45) is 5.84 Å². The van der Waals surface area contributed by atoms with Crippen molar-refractivity contribution in [3.05, 3.63) is 41.3 Å². The van der Waals surface area contributed by atoms with E-state index in [2.05, 4.69) is 15.2 Å². The molecule has 116 valence electrons. The quantitative estimate of drug-likeness (QED) is 0.495. The number of nitrogens with two attached hydrogens (primary N) is 1. The molecule has 10 heteroatoms. The Hall–Kier alpha value is -2.25. The molecule has 0 radical (unpaired) electrons. The molecule has 0 aliphatic carbocycles. The second-order valence-electron chi connectivity index (χ2n) is 4.21. The number of nitrogens with zero attached hydrogens (tertiary/aromatic N) is 4. The number of hydrogen-bond acceptors (Lipinski definition) is 6. The van der Waals surface area contributed by atoms with E-state index >= 15 is 0 Å². The Bertz CT molecular complexity index is 674. The van der Waals surface area contributed by atoms with Crippen LogP contribution in [-0.4, -0.2) is 15.2 Å². The summed E-state index contributed by atoms with van der Waals surface area (Å²) in [5.74, 6) is 5.66. The first-order chi connectivity index (χ1) is 10.5. The van der Waals surface area contributed by atoms with Gasteiger partial charge in [0.05, 0.1) is 5.69 Å². The fraction of sp³-hybridized carbons (Fsp3) is 0.250. The van der Waals surface area contributed by atoms with Gasteiger partial charge in [0.25, 0.3) is 20.9 Å². The fourth-order valence-corrected chi connectivity index (χ4v) is 2.08. The Kier molecular flexibility index (Phi) is 5.24. The van der Waals surface area contributed by atoms with Crippen LogP contribution in [0.2, 0.25) is 0 Å². The van der Waals surface area contributed by atoms with Gasteiger partial charge >= 0.3 is 0 Å². The lowest BCUT2D eigenvalue weighted by atomic mass is 10.1. The van der Waals surface area contributed by atoms with Crippen molar-refractivity contribution in [1.82, 2.24) is 15.2 Å². The summed E-state index contributed by atoms with van der Waals surface area (Å²) in [6, 6.07) is 4.13. The van der Waals surface area contributed by atoms with E-state index in [-0.39, 0.29) is 29.3 Å². The third kappa shape index (κ3) is 3.49. The summed E-state index contributed by atoms with van der Waals surface area (Å²) in [7, 11) is -0.529. The van der Waals surface area contributed by atoms with Gasteiger partial charge in [-0.2, -0.15) is 0 Å². The maximum absolute atomic E-state index is 13.1. The molecule has 2 rings (SSSR count). The first kappa shape index (κ1) is 16.1. The molecule has 0 atom stereocenters. The molecular formula is C12H12F2N5O2P. The highest BCUT2D eigenvalue weighted by molar-refractivity contribution is 7.25. The van der Waals surface area contributed by atoms with E-state index in [0.717, 1.165) is 4.78 Å². The lowest BCUT2D eigenvalue weighted by Gasteiger charge is -2.18. The van der Waals surface area contributed by atoms with Crippen molar-refractivity contribution < 1.29 is 18.1 Å². The number of aromatic nitrogens is 3. The molecule has 1 aromatic carbocycles. The second kappa shape index (κ2) is 7.15. The predicted molar refractivity (Wildman–Crippen MR) is 74.6 cm³/mol. The van der Waals surface area contributed by atoms with E-state index in [1.54, 1.807) is 6.92 Å². The second-order valence-corrected chi connectivity index (χ2v) is 4.81. The zero-order valence-electron chi connectivity index (χ0n) is 11.5. The van der Waals surface area contributed by atoms with Crippen molar-refractivity contribution in [2.45, 2.75) is 20.0 Å². The monoisotopic (exact) mass is 327 g/mol. The van der Waals surface area contributed by atoms with Crippen LogP contribution in [0, 0.1) is 6.92 Å². The molecular weight excluding hydrogens is 315 g/mol. The molecule has 0 spiro atoms. The minimum absolute atomic E-state index is 0.119. The highest BCUT2D eigenvalue weighted by Crippen LogP contribution is 2.32. The van der Waals surface area contributed by atoms with Crippen molar-refractivity contribution in [3.63, 3.8) is 0 Å². The van der Waals surface area contributed by atoms with Crippen LogP contribution in [0.15, 0.2) is 24.5 Å². The summed E-state index contributed by atoms with van der Waals surface area (Å²) in [6.45, 7) is 1.41. The van der Waals surface area contributed by atoms with Gasteiger partial charge in [0, 0.05) is 11.1 Å². The Morgan fingerprint density at radius 2 is 2.23 bits per heavy atom. The van der Waals surface area contributed by atoms with E-state index in [1.807, 2.05) is 0 Å². The Labute approximate surface area is 126 Å². The molecule has 0 bridgehead atoms. The third-order valence-electron chi connectivity index (χ3n) is 2.87. The standard InChI is InChI=1S/C12H12F2N5O2P/c1-7-12(18-17-6-16-7)21-5-9-8(11(13)14)3-2-4-10(9)19(15)22-20/h2-4,6,11H,5,15H2,1H3. The minimum atomic E-state index is -2.73. The van der Waals surface area contributed by atoms with Crippen molar-refractivity contribution in [2.75, 3.05) is 4.78 Å². The average molecular weight is 327 g/mol. The van der Waals surface area contributed by atoms with Crippen LogP contribution in [-0.2, 0) is 11.2 Å². The molecule has 2 N–H and O–H groups in total. The molecule has 2 aromatic rings. The van der Waals surface area contributed by atoms with Gasteiger partial charge in [-0.1, -0.05) is 12.1 Å². The highest BCUT2D eigenvalue weighted by atomic mass is 31.1. The SMILES string of the molecule is Cc1ncnnc1OCc1c(C(F)F)cccc1N(N)P=O. The number of halogens is 2. The van der Waals surface area contributed by atoms with E-state index in [0.29, 0.717) is 5.69 Å².